The number of hydrogen-bond acceptors (Lipinski definition) is 2. The molecule has 0 fully saturated rings. The van der Waals surface area contributed by atoms with Crippen LogP contribution in [0.3, 0.4) is 0 Å². The SMILES string of the molecule is CC(N)CCCC(C)C(=O)N(C)C(C)c1ccc(F)cc1. The highest BCUT2D eigenvalue weighted by Crippen LogP contribution is 2.22. The highest BCUT2D eigenvalue weighted by atomic mass is 19.1. The van der Waals surface area contributed by atoms with Crippen molar-refractivity contribution in [3.05, 3.63) is 35.6 Å². The molecular weight excluding hydrogens is 267 g/mol. The molecule has 118 valence electrons. The van der Waals surface area contributed by atoms with Gasteiger partial charge in [-0.2, -0.15) is 0 Å². The number of hydrogen-bond donors (Lipinski definition) is 1. The molecule has 2 N–H and O–H groups in total. The molecule has 0 aliphatic rings. The molecule has 21 heavy (non-hydrogen) atoms. The summed E-state index contributed by atoms with van der Waals surface area (Å²) in [6.45, 7) is 5.90. The minimum atomic E-state index is -0.260. The first-order chi connectivity index (χ1) is 9.82. The van der Waals surface area contributed by atoms with E-state index in [1.807, 2.05) is 20.8 Å². The maximum absolute atomic E-state index is 13.0. The average Bonchev–Trinajstić information content (AvgIpc) is 2.45. The summed E-state index contributed by atoms with van der Waals surface area (Å²) in [4.78, 5) is 14.2. The highest BCUT2D eigenvalue weighted by molar-refractivity contribution is 5.78. The smallest absolute Gasteiger partial charge is 0.225 e. The van der Waals surface area contributed by atoms with E-state index < -0.39 is 0 Å². The summed E-state index contributed by atoms with van der Waals surface area (Å²) in [5.41, 5.74) is 6.66. The van der Waals surface area contributed by atoms with Crippen LogP contribution >= 0.6 is 0 Å². The van der Waals surface area contributed by atoms with Crippen molar-refractivity contribution in [1.29, 1.82) is 0 Å². The van der Waals surface area contributed by atoms with Gasteiger partial charge in [-0.15, -0.1) is 0 Å². The number of halogens is 1. The van der Waals surface area contributed by atoms with Crippen LogP contribution in [0.15, 0.2) is 24.3 Å². The van der Waals surface area contributed by atoms with Gasteiger partial charge in [0.05, 0.1) is 6.04 Å². The molecular formula is C17H27FN2O. The van der Waals surface area contributed by atoms with E-state index in [1.165, 1.54) is 12.1 Å². The first-order valence-corrected chi connectivity index (χ1v) is 7.60. The van der Waals surface area contributed by atoms with Gasteiger partial charge in [-0.05, 0) is 44.4 Å². The monoisotopic (exact) mass is 294 g/mol. The second kappa shape index (κ2) is 8.13. The average molecular weight is 294 g/mol. The molecule has 0 aromatic heterocycles. The highest BCUT2D eigenvalue weighted by Gasteiger charge is 2.22. The number of amides is 1. The quantitative estimate of drug-likeness (QED) is 0.836. The first kappa shape index (κ1) is 17.6. The van der Waals surface area contributed by atoms with Crippen LogP contribution in [-0.4, -0.2) is 23.9 Å². The van der Waals surface area contributed by atoms with E-state index in [4.69, 9.17) is 5.73 Å². The Hall–Kier alpha value is -1.42. The topological polar surface area (TPSA) is 46.3 Å². The molecule has 3 atom stereocenters. The summed E-state index contributed by atoms with van der Waals surface area (Å²) in [6.07, 6.45) is 2.75. The van der Waals surface area contributed by atoms with Gasteiger partial charge in [0, 0.05) is 19.0 Å². The molecule has 1 aromatic rings. The van der Waals surface area contributed by atoms with Gasteiger partial charge in [-0.25, -0.2) is 4.39 Å². The molecule has 3 nitrogen and oxygen atoms in total. The van der Waals surface area contributed by atoms with Gasteiger partial charge in [0.25, 0.3) is 0 Å². The molecule has 4 heteroatoms. The van der Waals surface area contributed by atoms with E-state index in [1.54, 1.807) is 24.1 Å². The van der Waals surface area contributed by atoms with Crippen molar-refractivity contribution >= 4 is 5.91 Å². The van der Waals surface area contributed by atoms with Crippen LogP contribution in [-0.2, 0) is 4.79 Å². The predicted octanol–water partition coefficient (Wildman–Crippen LogP) is 3.50. The molecule has 0 bridgehead atoms. The molecule has 0 heterocycles. The molecule has 3 unspecified atom stereocenters. The van der Waals surface area contributed by atoms with E-state index >= 15 is 0 Å². The van der Waals surface area contributed by atoms with Gasteiger partial charge < -0.3 is 10.6 Å². The molecule has 0 radical (unpaired) electrons. The third-order valence-corrected chi connectivity index (χ3v) is 4.00. The van der Waals surface area contributed by atoms with Crippen molar-refractivity contribution in [2.45, 2.75) is 52.1 Å². The lowest BCUT2D eigenvalue weighted by Crippen LogP contribution is -2.34. The van der Waals surface area contributed by atoms with E-state index in [0.29, 0.717) is 0 Å². The summed E-state index contributed by atoms with van der Waals surface area (Å²) in [7, 11) is 1.80. The normalized spacial score (nSPS) is 15.3. The summed E-state index contributed by atoms with van der Waals surface area (Å²) in [5, 5.41) is 0. The van der Waals surface area contributed by atoms with Crippen molar-refractivity contribution in [3.8, 4) is 0 Å². The molecule has 1 amide bonds. The maximum atomic E-state index is 13.0. The second-order valence-electron chi connectivity index (χ2n) is 5.99. The van der Waals surface area contributed by atoms with Crippen molar-refractivity contribution < 1.29 is 9.18 Å². The van der Waals surface area contributed by atoms with Gasteiger partial charge in [0.2, 0.25) is 5.91 Å². The van der Waals surface area contributed by atoms with E-state index in [2.05, 4.69) is 0 Å². The Bertz CT molecular complexity index is 445. The van der Waals surface area contributed by atoms with Crippen LogP contribution in [0.2, 0.25) is 0 Å². The third kappa shape index (κ3) is 5.46. The van der Waals surface area contributed by atoms with Crippen LogP contribution in [0, 0.1) is 11.7 Å². The summed E-state index contributed by atoms with van der Waals surface area (Å²) in [6, 6.07) is 6.43. The van der Waals surface area contributed by atoms with Crippen molar-refractivity contribution in [3.63, 3.8) is 0 Å². The van der Waals surface area contributed by atoms with Crippen LogP contribution in [0.1, 0.15) is 51.6 Å². The fourth-order valence-corrected chi connectivity index (χ4v) is 2.37. The molecule has 0 saturated heterocycles. The van der Waals surface area contributed by atoms with Crippen LogP contribution in [0.25, 0.3) is 0 Å². The lowest BCUT2D eigenvalue weighted by molar-refractivity contribution is -0.135. The summed E-state index contributed by atoms with van der Waals surface area (Å²) < 4.78 is 13.0. The largest absolute Gasteiger partial charge is 0.339 e. The second-order valence-corrected chi connectivity index (χ2v) is 5.99. The van der Waals surface area contributed by atoms with E-state index in [-0.39, 0.29) is 29.7 Å². The van der Waals surface area contributed by atoms with Gasteiger partial charge in [-0.3, -0.25) is 4.79 Å². The predicted molar refractivity (Wildman–Crippen MR) is 84.2 cm³/mol. The Kier molecular flexibility index (Phi) is 6.82. The number of benzene rings is 1. The standard InChI is InChI=1S/C17H27FN2O/c1-12(6-5-7-13(2)19)17(21)20(4)14(3)15-8-10-16(18)11-9-15/h8-14H,5-7,19H2,1-4H3. The van der Waals surface area contributed by atoms with Gasteiger partial charge in [-0.1, -0.05) is 25.5 Å². The van der Waals surface area contributed by atoms with Gasteiger partial charge >= 0.3 is 0 Å². The Morgan fingerprint density at radius 1 is 1.19 bits per heavy atom. The zero-order chi connectivity index (χ0) is 16.0. The number of rotatable bonds is 7. The minimum absolute atomic E-state index is 0.0170. The fraction of sp³-hybridized carbons (Fsp3) is 0.588. The summed E-state index contributed by atoms with van der Waals surface area (Å²) >= 11 is 0. The molecule has 0 aliphatic heterocycles. The maximum Gasteiger partial charge on any atom is 0.225 e. The Labute approximate surface area is 127 Å². The third-order valence-electron chi connectivity index (χ3n) is 4.00. The van der Waals surface area contributed by atoms with Crippen LogP contribution < -0.4 is 5.73 Å². The summed E-state index contributed by atoms with van der Waals surface area (Å²) in [5.74, 6) is -0.155. The van der Waals surface area contributed by atoms with Crippen LogP contribution in [0.5, 0.6) is 0 Å². The Morgan fingerprint density at radius 3 is 2.29 bits per heavy atom. The molecule has 1 rings (SSSR count). The zero-order valence-electron chi connectivity index (χ0n) is 13.5. The molecule has 0 aliphatic carbocycles. The Morgan fingerprint density at radius 2 is 1.76 bits per heavy atom. The molecule has 0 saturated carbocycles. The minimum Gasteiger partial charge on any atom is -0.339 e. The number of nitrogens with two attached hydrogens (primary N) is 1. The van der Waals surface area contributed by atoms with Crippen molar-refractivity contribution in [1.82, 2.24) is 4.90 Å². The first-order valence-electron chi connectivity index (χ1n) is 7.60. The van der Waals surface area contributed by atoms with Crippen LogP contribution in [0.4, 0.5) is 4.39 Å². The number of carbonyl (C=O) groups excluding carboxylic acids is 1. The molecule has 0 spiro atoms. The van der Waals surface area contributed by atoms with Gasteiger partial charge in [0.1, 0.15) is 5.82 Å². The molecule has 1 aromatic carbocycles. The zero-order valence-corrected chi connectivity index (χ0v) is 13.5. The number of carbonyl (C=O) groups is 1. The lowest BCUT2D eigenvalue weighted by atomic mass is 9.99. The van der Waals surface area contributed by atoms with E-state index in [9.17, 15) is 9.18 Å². The van der Waals surface area contributed by atoms with Gasteiger partial charge in [0.15, 0.2) is 0 Å². The fourth-order valence-electron chi connectivity index (χ4n) is 2.37. The Balaban J connectivity index is 2.58. The number of nitrogens with zero attached hydrogens (tertiary/aromatic N) is 1. The van der Waals surface area contributed by atoms with Crippen molar-refractivity contribution in [2.75, 3.05) is 7.05 Å². The van der Waals surface area contributed by atoms with Crippen molar-refractivity contribution in [2.24, 2.45) is 11.7 Å². The van der Waals surface area contributed by atoms with E-state index in [0.717, 1.165) is 24.8 Å². The lowest BCUT2D eigenvalue weighted by Gasteiger charge is -2.28.